The zero-order valence-corrected chi connectivity index (χ0v) is 24.6. The molecule has 2 aliphatic heterocycles. The van der Waals surface area contributed by atoms with Gasteiger partial charge in [0, 0.05) is 43.8 Å². The molecule has 0 radical (unpaired) electrons. The van der Waals surface area contributed by atoms with E-state index in [4.69, 9.17) is 28.4 Å². The summed E-state index contributed by atoms with van der Waals surface area (Å²) in [6.07, 6.45) is 11.3. The molecule has 2 atom stereocenters. The third-order valence-electron chi connectivity index (χ3n) is 8.75. The molecule has 0 aromatic heterocycles. The van der Waals surface area contributed by atoms with Gasteiger partial charge < -0.3 is 33.5 Å². The quantitative estimate of drug-likeness (QED) is 0.168. The third kappa shape index (κ3) is 5.40. The predicted molar refractivity (Wildman–Crippen MR) is 168 cm³/mol. The van der Waals surface area contributed by atoms with Crippen molar-refractivity contribution in [1.29, 1.82) is 0 Å². The lowest BCUT2D eigenvalue weighted by Crippen LogP contribution is -2.26. The SMILES string of the molecule is OC(COc1c2c(c(OCC3CO3)c3ccccc13)CC=CC2)COc1c2c(c(OCC3CO3)c3ccccc13)CC=CC2. The van der Waals surface area contributed by atoms with Gasteiger partial charge in [0.25, 0.3) is 0 Å². The summed E-state index contributed by atoms with van der Waals surface area (Å²) in [6.45, 7) is 2.82. The minimum atomic E-state index is -0.831. The van der Waals surface area contributed by atoms with Crippen molar-refractivity contribution < 1.29 is 33.5 Å². The first-order valence-electron chi connectivity index (χ1n) is 15.6. The number of rotatable bonds is 12. The fraction of sp³-hybridized carbons (Fsp3) is 0.351. The normalized spacial score (nSPS) is 20.2. The summed E-state index contributed by atoms with van der Waals surface area (Å²) < 4.78 is 36.3. The monoisotopic (exact) mass is 592 g/mol. The molecular weight excluding hydrogens is 556 g/mol. The molecule has 8 rings (SSSR count). The zero-order chi connectivity index (χ0) is 29.5. The van der Waals surface area contributed by atoms with Crippen molar-refractivity contribution >= 4 is 21.5 Å². The lowest BCUT2D eigenvalue weighted by molar-refractivity contribution is 0.0630. The fourth-order valence-corrected chi connectivity index (χ4v) is 6.37. The molecule has 7 nitrogen and oxygen atoms in total. The Labute approximate surface area is 256 Å². The van der Waals surface area contributed by atoms with E-state index in [1.54, 1.807) is 0 Å². The first kappa shape index (κ1) is 27.5. The molecule has 44 heavy (non-hydrogen) atoms. The Morgan fingerprint density at radius 3 is 1.18 bits per heavy atom. The molecule has 4 aliphatic rings. The highest BCUT2D eigenvalue weighted by Gasteiger charge is 2.29. The number of ether oxygens (including phenoxy) is 6. The van der Waals surface area contributed by atoms with Crippen molar-refractivity contribution in [2.24, 2.45) is 0 Å². The second kappa shape index (κ2) is 11.8. The van der Waals surface area contributed by atoms with Gasteiger partial charge in [-0.05, 0) is 25.7 Å². The van der Waals surface area contributed by atoms with Gasteiger partial charge in [-0.3, -0.25) is 0 Å². The molecule has 2 fully saturated rings. The predicted octanol–water partition coefficient (Wildman–Crippen LogP) is 5.68. The molecule has 2 heterocycles. The molecule has 226 valence electrons. The van der Waals surface area contributed by atoms with E-state index in [1.807, 2.05) is 24.3 Å². The average Bonchev–Trinajstić information content (AvgIpc) is 4.00. The molecule has 0 spiro atoms. The average molecular weight is 593 g/mol. The Morgan fingerprint density at radius 1 is 0.545 bits per heavy atom. The van der Waals surface area contributed by atoms with Crippen molar-refractivity contribution in [2.45, 2.75) is 44.0 Å². The first-order valence-corrected chi connectivity index (χ1v) is 15.6. The van der Waals surface area contributed by atoms with E-state index in [0.717, 1.165) is 106 Å². The van der Waals surface area contributed by atoms with Gasteiger partial charge >= 0.3 is 0 Å². The number of hydrogen-bond acceptors (Lipinski definition) is 7. The van der Waals surface area contributed by atoms with Gasteiger partial charge in [0.15, 0.2) is 0 Å². The lowest BCUT2D eigenvalue weighted by Gasteiger charge is -2.25. The highest BCUT2D eigenvalue weighted by atomic mass is 16.6. The molecule has 0 amide bonds. The van der Waals surface area contributed by atoms with Gasteiger partial charge in [0.1, 0.15) is 67.7 Å². The first-order chi connectivity index (χ1) is 21.7. The Morgan fingerprint density at radius 2 is 0.864 bits per heavy atom. The van der Waals surface area contributed by atoms with E-state index >= 15 is 0 Å². The van der Waals surface area contributed by atoms with Crippen LogP contribution in [0.3, 0.4) is 0 Å². The van der Waals surface area contributed by atoms with Crippen molar-refractivity contribution in [2.75, 3.05) is 39.6 Å². The van der Waals surface area contributed by atoms with Gasteiger partial charge in [-0.25, -0.2) is 0 Å². The minimum Gasteiger partial charge on any atom is -0.490 e. The summed E-state index contributed by atoms with van der Waals surface area (Å²) in [6, 6.07) is 16.4. The van der Waals surface area contributed by atoms with Gasteiger partial charge in [0.2, 0.25) is 0 Å². The van der Waals surface area contributed by atoms with E-state index < -0.39 is 6.10 Å². The number of aliphatic hydroxyl groups excluding tert-OH is 1. The Kier molecular flexibility index (Phi) is 7.38. The lowest BCUT2D eigenvalue weighted by atomic mass is 9.90. The van der Waals surface area contributed by atoms with Crippen LogP contribution in [0, 0.1) is 0 Å². The number of allylic oxidation sites excluding steroid dienone is 4. The van der Waals surface area contributed by atoms with Crippen LogP contribution in [-0.2, 0) is 35.2 Å². The molecule has 2 unspecified atom stereocenters. The number of epoxide rings is 2. The van der Waals surface area contributed by atoms with E-state index in [2.05, 4.69) is 48.6 Å². The van der Waals surface area contributed by atoms with Crippen LogP contribution in [0.2, 0.25) is 0 Å². The third-order valence-corrected chi connectivity index (χ3v) is 8.75. The van der Waals surface area contributed by atoms with Gasteiger partial charge in [-0.2, -0.15) is 0 Å². The van der Waals surface area contributed by atoms with Crippen LogP contribution in [0.25, 0.3) is 21.5 Å². The van der Waals surface area contributed by atoms with Crippen molar-refractivity contribution in [3.05, 3.63) is 95.1 Å². The second-order valence-corrected chi connectivity index (χ2v) is 11.9. The maximum absolute atomic E-state index is 11.2. The molecule has 7 heteroatoms. The maximum Gasteiger partial charge on any atom is 0.131 e. The van der Waals surface area contributed by atoms with Gasteiger partial charge in [-0.15, -0.1) is 0 Å². The summed E-state index contributed by atoms with van der Waals surface area (Å²) in [5.74, 6) is 3.44. The summed E-state index contributed by atoms with van der Waals surface area (Å²) in [5.41, 5.74) is 4.53. The molecule has 1 N–H and O–H groups in total. The van der Waals surface area contributed by atoms with Gasteiger partial charge in [-0.1, -0.05) is 72.8 Å². The summed E-state index contributed by atoms with van der Waals surface area (Å²) >= 11 is 0. The zero-order valence-electron chi connectivity index (χ0n) is 24.6. The van der Waals surface area contributed by atoms with Crippen LogP contribution >= 0.6 is 0 Å². The molecular formula is C37H36O7. The Hall–Kier alpha value is -4.04. The van der Waals surface area contributed by atoms with Crippen molar-refractivity contribution in [1.82, 2.24) is 0 Å². The van der Waals surface area contributed by atoms with E-state index in [-0.39, 0.29) is 25.4 Å². The largest absolute Gasteiger partial charge is 0.490 e. The van der Waals surface area contributed by atoms with Crippen LogP contribution in [0.5, 0.6) is 23.0 Å². The summed E-state index contributed by atoms with van der Waals surface area (Å²) in [5, 5.41) is 15.2. The number of benzene rings is 4. The molecule has 4 aromatic rings. The van der Waals surface area contributed by atoms with Crippen LogP contribution in [0.15, 0.2) is 72.8 Å². The molecule has 2 saturated heterocycles. The standard InChI is InChI=1S/C37H36O7/c38-23(17-41-34-26-9-1-5-13-30(26)36(43-21-24-19-39-24)31-14-6-2-10-27(31)34)18-42-35-28-11-3-7-15-32(28)37(44-22-25-20-40-25)33-16-8-4-12-29(33)35/h1-9,11,13,15,23-25,38H,10,12,14,16-22H2. The van der Waals surface area contributed by atoms with Crippen molar-refractivity contribution in [3.8, 4) is 23.0 Å². The molecule has 0 saturated carbocycles. The number of hydrogen-bond donors (Lipinski definition) is 1. The number of aliphatic hydroxyl groups is 1. The van der Waals surface area contributed by atoms with E-state index in [0.29, 0.717) is 13.2 Å². The van der Waals surface area contributed by atoms with Crippen LogP contribution in [-0.4, -0.2) is 63.1 Å². The van der Waals surface area contributed by atoms with Crippen LogP contribution < -0.4 is 18.9 Å². The molecule has 4 aromatic carbocycles. The summed E-state index contributed by atoms with van der Waals surface area (Å²) in [7, 11) is 0. The highest BCUT2D eigenvalue weighted by molar-refractivity contribution is 5.97. The van der Waals surface area contributed by atoms with Crippen LogP contribution in [0.1, 0.15) is 22.3 Å². The molecule has 2 aliphatic carbocycles. The van der Waals surface area contributed by atoms with E-state index in [1.165, 1.54) is 0 Å². The van der Waals surface area contributed by atoms with Gasteiger partial charge in [0.05, 0.1) is 13.2 Å². The Balaban J connectivity index is 1.04. The highest BCUT2D eigenvalue weighted by Crippen LogP contribution is 2.45. The van der Waals surface area contributed by atoms with E-state index in [9.17, 15) is 5.11 Å². The maximum atomic E-state index is 11.2. The summed E-state index contributed by atoms with van der Waals surface area (Å²) in [4.78, 5) is 0. The topological polar surface area (TPSA) is 82.2 Å². The smallest absolute Gasteiger partial charge is 0.131 e. The van der Waals surface area contributed by atoms with Crippen LogP contribution in [0.4, 0.5) is 0 Å². The second-order valence-electron chi connectivity index (χ2n) is 11.9. The Bertz CT molecular complexity index is 1640. The van der Waals surface area contributed by atoms with Crippen molar-refractivity contribution in [3.63, 3.8) is 0 Å². The molecule has 0 bridgehead atoms. The minimum absolute atomic E-state index is 0.110. The fourth-order valence-electron chi connectivity index (χ4n) is 6.37. The number of fused-ring (bicyclic) bond motifs is 4.